The minimum atomic E-state index is -0.637. The van der Waals surface area contributed by atoms with Crippen molar-refractivity contribution in [3.63, 3.8) is 0 Å². The molecule has 1 heterocycles. The highest BCUT2D eigenvalue weighted by Gasteiger charge is 2.13. The predicted octanol–water partition coefficient (Wildman–Crippen LogP) is 2.99. The van der Waals surface area contributed by atoms with Crippen LogP contribution in [0.5, 0.6) is 0 Å². The summed E-state index contributed by atoms with van der Waals surface area (Å²) >= 11 is 8.72. The summed E-state index contributed by atoms with van der Waals surface area (Å²) in [6, 6.07) is 1.35. The average molecular weight is 311 g/mol. The molecule has 0 aliphatic heterocycles. The molecule has 6 heteroatoms. The number of pyridine rings is 1. The van der Waals surface area contributed by atoms with Crippen LogP contribution in [0.2, 0.25) is 5.02 Å². The molecule has 1 rings (SSSR count). The van der Waals surface area contributed by atoms with Gasteiger partial charge in [0.05, 0.1) is 16.1 Å². The van der Waals surface area contributed by atoms with Crippen molar-refractivity contribution < 1.29 is 9.53 Å². The Morgan fingerprint density at radius 3 is 2.62 bits per heavy atom. The van der Waals surface area contributed by atoms with E-state index in [-0.39, 0.29) is 21.8 Å². The molecule has 0 aliphatic carbocycles. The van der Waals surface area contributed by atoms with Crippen molar-refractivity contribution in [2.24, 2.45) is 0 Å². The van der Waals surface area contributed by atoms with Crippen molar-refractivity contribution in [1.29, 1.82) is 0 Å². The molecule has 0 aromatic carbocycles. The lowest BCUT2D eigenvalue weighted by Gasteiger charge is -2.03. The summed E-state index contributed by atoms with van der Waals surface area (Å²) in [5, 5.41) is 0.148. The van der Waals surface area contributed by atoms with E-state index in [9.17, 15) is 9.59 Å². The number of carbonyl (C=O) groups is 1. The van der Waals surface area contributed by atoms with Gasteiger partial charge in [-0.2, -0.15) is 0 Å². The standard InChI is InChI=1S/C8H7BrClNO3.C2H6/c1-2-14-8(13)6-5(10)3-4(9)7(12)11-6;1-2/h3H,2H2,1H3,(H,11,12);1-2H3. The van der Waals surface area contributed by atoms with E-state index in [4.69, 9.17) is 16.3 Å². The maximum absolute atomic E-state index is 11.2. The van der Waals surface area contributed by atoms with Crippen molar-refractivity contribution in [3.05, 3.63) is 31.6 Å². The first-order valence-corrected chi connectivity index (χ1v) is 5.98. The molecule has 1 aromatic heterocycles. The summed E-state index contributed by atoms with van der Waals surface area (Å²) in [4.78, 5) is 24.7. The highest BCUT2D eigenvalue weighted by atomic mass is 79.9. The Balaban J connectivity index is 0.00000106. The first-order chi connectivity index (χ1) is 7.56. The average Bonchev–Trinajstić information content (AvgIpc) is 2.26. The van der Waals surface area contributed by atoms with E-state index in [1.807, 2.05) is 13.8 Å². The van der Waals surface area contributed by atoms with E-state index in [0.29, 0.717) is 0 Å². The minimum absolute atomic E-state index is 0.0262. The first-order valence-electron chi connectivity index (χ1n) is 4.81. The van der Waals surface area contributed by atoms with E-state index in [0.717, 1.165) is 0 Å². The van der Waals surface area contributed by atoms with Crippen LogP contribution in [0.4, 0.5) is 0 Å². The zero-order valence-corrected chi connectivity index (χ0v) is 11.6. The van der Waals surface area contributed by atoms with E-state index in [1.54, 1.807) is 6.92 Å². The van der Waals surface area contributed by atoms with Crippen LogP contribution >= 0.6 is 27.5 Å². The predicted molar refractivity (Wildman–Crippen MR) is 67.1 cm³/mol. The van der Waals surface area contributed by atoms with Gasteiger partial charge in [-0.1, -0.05) is 25.4 Å². The number of ether oxygens (including phenoxy) is 1. The Labute approximate surface area is 107 Å². The number of nitrogens with one attached hydrogen (secondary N) is 1. The zero-order chi connectivity index (χ0) is 12.7. The summed E-state index contributed by atoms with van der Waals surface area (Å²) in [5.41, 5.74) is -0.445. The number of hydrogen-bond acceptors (Lipinski definition) is 3. The topological polar surface area (TPSA) is 59.2 Å². The maximum Gasteiger partial charge on any atom is 0.356 e. The van der Waals surface area contributed by atoms with Crippen molar-refractivity contribution >= 4 is 33.5 Å². The number of rotatable bonds is 2. The van der Waals surface area contributed by atoms with Gasteiger partial charge in [-0.05, 0) is 28.9 Å². The molecule has 0 atom stereocenters. The van der Waals surface area contributed by atoms with Gasteiger partial charge in [-0.15, -0.1) is 0 Å². The van der Waals surface area contributed by atoms with Crippen LogP contribution in [-0.4, -0.2) is 17.6 Å². The molecule has 0 amide bonds. The van der Waals surface area contributed by atoms with Crippen molar-refractivity contribution in [1.82, 2.24) is 4.98 Å². The van der Waals surface area contributed by atoms with Gasteiger partial charge in [-0.3, -0.25) is 4.79 Å². The Morgan fingerprint density at radius 1 is 1.56 bits per heavy atom. The first kappa shape index (κ1) is 15.2. The quantitative estimate of drug-likeness (QED) is 0.854. The Morgan fingerprint density at radius 2 is 2.12 bits per heavy atom. The summed E-state index contributed by atoms with van der Waals surface area (Å²) in [5.74, 6) is -0.637. The molecule has 0 aliphatic rings. The number of aromatic nitrogens is 1. The molecule has 16 heavy (non-hydrogen) atoms. The second kappa shape index (κ2) is 7.46. The third-order valence-electron chi connectivity index (χ3n) is 1.43. The molecule has 0 radical (unpaired) electrons. The van der Waals surface area contributed by atoms with Gasteiger partial charge in [-0.25, -0.2) is 4.79 Å². The number of hydrogen-bond donors (Lipinski definition) is 1. The van der Waals surface area contributed by atoms with Gasteiger partial charge in [0.25, 0.3) is 5.56 Å². The Kier molecular flexibility index (Phi) is 7.08. The molecule has 1 aromatic rings. The summed E-state index contributed by atoms with van der Waals surface area (Å²) < 4.78 is 4.97. The van der Waals surface area contributed by atoms with Crippen LogP contribution in [0.3, 0.4) is 0 Å². The van der Waals surface area contributed by atoms with Crippen LogP contribution in [0.25, 0.3) is 0 Å². The summed E-state index contributed by atoms with van der Waals surface area (Å²) in [7, 11) is 0. The molecule has 90 valence electrons. The molecule has 0 spiro atoms. The number of esters is 1. The molecule has 0 unspecified atom stereocenters. The fourth-order valence-corrected chi connectivity index (χ4v) is 1.53. The SMILES string of the molecule is CC.CCOC(=O)c1[nH]c(=O)c(Br)cc1Cl. The molecule has 0 saturated carbocycles. The smallest absolute Gasteiger partial charge is 0.356 e. The van der Waals surface area contributed by atoms with E-state index >= 15 is 0 Å². The highest BCUT2D eigenvalue weighted by molar-refractivity contribution is 9.10. The molecular weight excluding hydrogens is 297 g/mol. The van der Waals surface area contributed by atoms with Crippen molar-refractivity contribution in [2.75, 3.05) is 6.61 Å². The number of carbonyl (C=O) groups excluding carboxylic acids is 1. The van der Waals surface area contributed by atoms with Crippen LogP contribution in [0.1, 0.15) is 31.3 Å². The molecule has 1 N–H and O–H groups in total. The molecule has 0 bridgehead atoms. The normalized spacial score (nSPS) is 9.06. The minimum Gasteiger partial charge on any atom is -0.461 e. The number of H-pyrrole nitrogens is 1. The van der Waals surface area contributed by atoms with Gasteiger partial charge < -0.3 is 9.72 Å². The molecular formula is C10H13BrClNO3. The van der Waals surface area contributed by atoms with E-state index < -0.39 is 11.5 Å². The van der Waals surface area contributed by atoms with Gasteiger partial charge in [0.2, 0.25) is 0 Å². The largest absolute Gasteiger partial charge is 0.461 e. The van der Waals surface area contributed by atoms with E-state index in [2.05, 4.69) is 20.9 Å². The Bertz CT molecular complexity index is 417. The maximum atomic E-state index is 11.2. The second-order valence-corrected chi connectivity index (χ2v) is 3.65. The fourth-order valence-electron chi connectivity index (χ4n) is 0.834. The molecule has 4 nitrogen and oxygen atoms in total. The molecule has 0 saturated heterocycles. The highest BCUT2D eigenvalue weighted by Crippen LogP contribution is 2.16. The lowest BCUT2D eigenvalue weighted by Crippen LogP contribution is -2.16. The zero-order valence-electron chi connectivity index (χ0n) is 9.27. The van der Waals surface area contributed by atoms with Crippen LogP contribution in [0, 0.1) is 0 Å². The fraction of sp³-hybridized carbons (Fsp3) is 0.400. The molecule has 0 fully saturated rings. The van der Waals surface area contributed by atoms with Gasteiger partial charge >= 0.3 is 5.97 Å². The van der Waals surface area contributed by atoms with Gasteiger partial charge in [0.1, 0.15) is 5.69 Å². The third kappa shape index (κ3) is 3.98. The van der Waals surface area contributed by atoms with Gasteiger partial charge in [0.15, 0.2) is 0 Å². The third-order valence-corrected chi connectivity index (χ3v) is 2.31. The summed E-state index contributed by atoms with van der Waals surface area (Å²) in [6.45, 7) is 5.90. The van der Waals surface area contributed by atoms with Crippen LogP contribution in [0.15, 0.2) is 15.3 Å². The number of halogens is 2. The lowest BCUT2D eigenvalue weighted by molar-refractivity contribution is 0.0519. The summed E-state index contributed by atoms with van der Waals surface area (Å²) in [6.07, 6.45) is 0. The van der Waals surface area contributed by atoms with Crippen molar-refractivity contribution in [2.45, 2.75) is 20.8 Å². The van der Waals surface area contributed by atoms with Gasteiger partial charge in [0, 0.05) is 0 Å². The van der Waals surface area contributed by atoms with Crippen LogP contribution < -0.4 is 5.56 Å². The van der Waals surface area contributed by atoms with Crippen LogP contribution in [-0.2, 0) is 4.74 Å². The second-order valence-electron chi connectivity index (χ2n) is 2.39. The monoisotopic (exact) mass is 309 g/mol. The van der Waals surface area contributed by atoms with Crippen molar-refractivity contribution in [3.8, 4) is 0 Å². The Hall–Kier alpha value is -0.810. The lowest BCUT2D eigenvalue weighted by atomic mass is 10.3. The number of aromatic amines is 1. The van der Waals surface area contributed by atoms with E-state index in [1.165, 1.54) is 6.07 Å².